The summed E-state index contributed by atoms with van der Waals surface area (Å²) in [6, 6.07) is 11.7. The van der Waals surface area contributed by atoms with E-state index < -0.39 is 10.1 Å². The number of carbonyl (C=O) groups excluding carboxylic acids is 1. The standard InChI is InChI=1S/C22H28ClNO4S/c1-6-17(5)24(22(25)15(2)3)14-18-10-8-11-19(13-18)28-29(26,27)21-16(4)9-7-12-20(21)23/h7-13,15,17H,6,14H2,1-5H3. The minimum atomic E-state index is -4.08. The largest absolute Gasteiger partial charge is 0.379 e. The van der Waals surface area contributed by atoms with E-state index in [4.69, 9.17) is 15.8 Å². The van der Waals surface area contributed by atoms with Crippen molar-refractivity contribution in [3.05, 3.63) is 58.6 Å². The third-order valence-electron chi connectivity index (χ3n) is 4.77. The SMILES string of the molecule is CCC(C)N(Cc1cccc(OS(=O)(=O)c2c(C)cccc2Cl)c1)C(=O)C(C)C. The molecule has 2 aromatic rings. The maximum atomic E-state index is 12.8. The number of benzene rings is 2. The summed E-state index contributed by atoms with van der Waals surface area (Å²) < 4.78 is 30.9. The lowest BCUT2D eigenvalue weighted by molar-refractivity contribution is -0.137. The minimum Gasteiger partial charge on any atom is -0.379 e. The summed E-state index contributed by atoms with van der Waals surface area (Å²) in [6.45, 7) is 9.83. The molecule has 158 valence electrons. The number of carbonyl (C=O) groups is 1. The average Bonchev–Trinajstić information content (AvgIpc) is 2.64. The van der Waals surface area contributed by atoms with Gasteiger partial charge in [-0.05, 0) is 49.6 Å². The van der Waals surface area contributed by atoms with E-state index in [9.17, 15) is 13.2 Å². The molecule has 5 nitrogen and oxygen atoms in total. The third-order valence-corrected chi connectivity index (χ3v) is 6.65. The summed E-state index contributed by atoms with van der Waals surface area (Å²) in [5, 5.41) is 0.117. The molecule has 0 spiro atoms. The zero-order valence-electron chi connectivity index (χ0n) is 17.5. The third kappa shape index (κ3) is 5.73. The molecule has 1 atom stereocenters. The highest BCUT2D eigenvalue weighted by Gasteiger charge is 2.24. The monoisotopic (exact) mass is 437 g/mol. The van der Waals surface area contributed by atoms with Crippen LogP contribution in [0.4, 0.5) is 0 Å². The Bertz CT molecular complexity index is 952. The molecular formula is C22H28ClNO4S. The predicted octanol–water partition coefficient (Wildman–Crippen LogP) is 5.20. The maximum Gasteiger partial charge on any atom is 0.340 e. The first kappa shape index (κ1) is 23.2. The van der Waals surface area contributed by atoms with Crippen LogP contribution in [-0.4, -0.2) is 25.3 Å². The first-order valence-corrected chi connectivity index (χ1v) is 11.4. The Morgan fingerprint density at radius 2 is 1.79 bits per heavy atom. The van der Waals surface area contributed by atoms with Gasteiger partial charge in [0.25, 0.3) is 0 Å². The molecule has 1 unspecified atom stereocenters. The fourth-order valence-electron chi connectivity index (χ4n) is 3.00. The van der Waals surface area contributed by atoms with Crippen LogP contribution < -0.4 is 4.18 Å². The lowest BCUT2D eigenvalue weighted by atomic mass is 10.1. The quantitative estimate of drug-likeness (QED) is 0.532. The number of halogens is 1. The molecule has 2 rings (SSSR count). The number of aryl methyl sites for hydroxylation is 1. The zero-order valence-corrected chi connectivity index (χ0v) is 19.0. The summed E-state index contributed by atoms with van der Waals surface area (Å²) in [5.74, 6) is 0.125. The lowest BCUT2D eigenvalue weighted by Gasteiger charge is -2.30. The molecule has 0 aliphatic heterocycles. The molecule has 0 aliphatic carbocycles. The van der Waals surface area contributed by atoms with Crippen LogP contribution in [0.3, 0.4) is 0 Å². The molecule has 0 saturated carbocycles. The highest BCUT2D eigenvalue weighted by atomic mass is 35.5. The van der Waals surface area contributed by atoms with E-state index in [1.165, 1.54) is 6.07 Å². The van der Waals surface area contributed by atoms with Crippen molar-refractivity contribution in [2.45, 2.75) is 58.5 Å². The second kappa shape index (κ2) is 9.63. The van der Waals surface area contributed by atoms with Crippen molar-refractivity contribution in [1.29, 1.82) is 0 Å². The molecule has 7 heteroatoms. The first-order chi connectivity index (χ1) is 13.6. The Hall–Kier alpha value is -2.05. The molecule has 0 heterocycles. The van der Waals surface area contributed by atoms with E-state index in [2.05, 4.69) is 0 Å². The summed E-state index contributed by atoms with van der Waals surface area (Å²) in [5.41, 5.74) is 1.31. The van der Waals surface area contributed by atoms with Gasteiger partial charge in [-0.1, -0.05) is 56.6 Å². The smallest absolute Gasteiger partial charge is 0.340 e. The summed E-state index contributed by atoms with van der Waals surface area (Å²) in [7, 11) is -4.08. The van der Waals surface area contributed by atoms with Gasteiger partial charge in [-0.25, -0.2) is 0 Å². The van der Waals surface area contributed by atoms with Gasteiger partial charge in [0.2, 0.25) is 5.91 Å². The van der Waals surface area contributed by atoms with Gasteiger partial charge in [0.15, 0.2) is 0 Å². The molecule has 0 bridgehead atoms. The fraction of sp³-hybridized carbons (Fsp3) is 0.409. The van der Waals surface area contributed by atoms with Gasteiger partial charge in [-0.3, -0.25) is 4.79 Å². The van der Waals surface area contributed by atoms with Crippen LogP contribution in [0.15, 0.2) is 47.4 Å². The summed E-state index contributed by atoms with van der Waals surface area (Å²) in [6.07, 6.45) is 0.828. The van der Waals surface area contributed by atoms with E-state index in [1.54, 1.807) is 37.3 Å². The van der Waals surface area contributed by atoms with Gasteiger partial charge in [-0.15, -0.1) is 0 Å². The molecular weight excluding hydrogens is 410 g/mol. The van der Waals surface area contributed by atoms with Gasteiger partial charge in [0, 0.05) is 18.5 Å². The molecule has 0 fully saturated rings. The Morgan fingerprint density at radius 1 is 1.14 bits per heavy atom. The van der Waals surface area contributed by atoms with Crippen LogP contribution in [0.25, 0.3) is 0 Å². The van der Waals surface area contributed by atoms with Crippen molar-refractivity contribution in [3.8, 4) is 5.75 Å². The van der Waals surface area contributed by atoms with Crippen molar-refractivity contribution in [3.63, 3.8) is 0 Å². The van der Waals surface area contributed by atoms with Gasteiger partial charge in [-0.2, -0.15) is 8.42 Å². The summed E-state index contributed by atoms with van der Waals surface area (Å²) in [4.78, 5) is 14.4. The Morgan fingerprint density at radius 3 is 2.38 bits per heavy atom. The molecule has 29 heavy (non-hydrogen) atoms. The predicted molar refractivity (Wildman–Crippen MR) is 116 cm³/mol. The summed E-state index contributed by atoms with van der Waals surface area (Å²) >= 11 is 6.09. The van der Waals surface area contributed by atoms with Crippen LogP contribution in [0, 0.1) is 12.8 Å². The van der Waals surface area contributed by atoms with Crippen molar-refractivity contribution >= 4 is 27.6 Å². The molecule has 0 aromatic heterocycles. The topological polar surface area (TPSA) is 63.7 Å². The number of hydrogen-bond donors (Lipinski definition) is 0. The maximum absolute atomic E-state index is 12.8. The van der Waals surface area contributed by atoms with Crippen LogP contribution in [0.1, 0.15) is 45.2 Å². The van der Waals surface area contributed by atoms with Gasteiger partial charge >= 0.3 is 10.1 Å². The van der Waals surface area contributed by atoms with Gasteiger partial charge in [0.1, 0.15) is 10.6 Å². The van der Waals surface area contributed by atoms with Crippen molar-refractivity contribution in [2.75, 3.05) is 0 Å². The minimum absolute atomic E-state index is 0.0386. The van der Waals surface area contributed by atoms with Crippen LogP contribution >= 0.6 is 11.6 Å². The van der Waals surface area contributed by atoms with Crippen molar-refractivity contribution < 1.29 is 17.4 Å². The number of nitrogens with zero attached hydrogens (tertiary/aromatic N) is 1. The molecule has 0 saturated heterocycles. The highest BCUT2D eigenvalue weighted by molar-refractivity contribution is 7.87. The second-order valence-corrected chi connectivity index (χ2v) is 9.34. The van der Waals surface area contributed by atoms with Crippen LogP contribution in [0.5, 0.6) is 5.75 Å². The molecule has 2 aromatic carbocycles. The Labute approximate surface area is 178 Å². The van der Waals surface area contributed by atoms with E-state index >= 15 is 0 Å². The van der Waals surface area contributed by atoms with E-state index in [0.717, 1.165) is 12.0 Å². The average molecular weight is 438 g/mol. The van der Waals surface area contributed by atoms with Gasteiger partial charge in [0.05, 0.1) is 5.02 Å². The van der Waals surface area contributed by atoms with Crippen molar-refractivity contribution in [2.24, 2.45) is 5.92 Å². The number of hydrogen-bond acceptors (Lipinski definition) is 4. The van der Waals surface area contributed by atoms with E-state index in [1.807, 2.05) is 38.7 Å². The molecule has 1 amide bonds. The van der Waals surface area contributed by atoms with E-state index in [-0.39, 0.29) is 33.5 Å². The molecule has 0 N–H and O–H groups in total. The lowest BCUT2D eigenvalue weighted by Crippen LogP contribution is -2.40. The number of rotatable bonds is 8. The van der Waals surface area contributed by atoms with Crippen LogP contribution in [-0.2, 0) is 21.5 Å². The van der Waals surface area contributed by atoms with Gasteiger partial charge < -0.3 is 9.08 Å². The van der Waals surface area contributed by atoms with Crippen molar-refractivity contribution in [1.82, 2.24) is 4.90 Å². The number of amides is 1. The van der Waals surface area contributed by atoms with E-state index in [0.29, 0.717) is 12.1 Å². The normalized spacial score (nSPS) is 12.7. The Kier molecular flexibility index (Phi) is 7.72. The fourth-order valence-corrected chi connectivity index (χ4v) is 4.71. The van der Waals surface area contributed by atoms with Crippen LogP contribution in [0.2, 0.25) is 5.02 Å². The highest BCUT2D eigenvalue weighted by Crippen LogP contribution is 2.28. The Balaban J connectivity index is 2.30. The molecule has 0 aliphatic rings. The first-order valence-electron chi connectivity index (χ1n) is 9.65. The zero-order chi connectivity index (χ0) is 21.8. The molecule has 0 radical (unpaired) electrons. The second-order valence-electron chi connectivity index (χ2n) is 7.45.